The van der Waals surface area contributed by atoms with Crippen LogP contribution in [0.5, 0.6) is 5.88 Å². The standard InChI is InChI=1S/C21H17N5O4/c1-3-28-21(27)15-12(2)30-20-17(16(15)14-8-6-10-29-14)19-24-18(25-26(19)11-23-20)13-7-4-5-9-22-13/h4-11,16H,3H2,1-2H3/t16-/m0/s1. The number of furan rings is 1. The zero-order valence-corrected chi connectivity index (χ0v) is 16.3. The molecule has 0 fully saturated rings. The first-order valence-electron chi connectivity index (χ1n) is 9.43. The molecule has 1 atom stereocenters. The SMILES string of the molecule is CCOC(=O)C1=C(C)Oc2ncn3nc(-c4ccccn4)nc3c2[C@H]1c1ccco1. The fraction of sp³-hybridized carbons (Fsp3) is 0.190. The van der Waals surface area contributed by atoms with Gasteiger partial charge in [-0.2, -0.15) is 0 Å². The van der Waals surface area contributed by atoms with E-state index in [-0.39, 0.29) is 6.61 Å². The van der Waals surface area contributed by atoms with E-state index in [4.69, 9.17) is 13.9 Å². The molecule has 5 heterocycles. The molecule has 0 aromatic carbocycles. The first kappa shape index (κ1) is 18.0. The molecular formula is C21H17N5O4. The van der Waals surface area contributed by atoms with Crippen LogP contribution in [0.3, 0.4) is 0 Å². The van der Waals surface area contributed by atoms with Crippen molar-refractivity contribution in [2.45, 2.75) is 19.8 Å². The summed E-state index contributed by atoms with van der Waals surface area (Å²) in [4.78, 5) is 26.2. The summed E-state index contributed by atoms with van der Waals surface area (Å²) in [7, 11) is 0. The molecule has 0 amide bonds. The Morgan fingerprint density at radius 1 is 1.23 bits per heavy atom. The van der Waals surface area contributed by atoms with Crippen LogP contribution in [0.15, 0.2) is 64.9 Å². The first-order valence-corrected chi connectivity index (χ1v) is 9.43. The second-order valence-corrected chi connectivity index (χ2v) is 6.62. The number of allylic oxidation sites excluding steroid dienone is 1. The summed E-state index contributed by atoms with van der Waals surface area (Å²) in [5, 5.41) is 4.49. The van der Waals surface area contributed by atoms with Gasteiger partial charge >= 0.3 is 5.97 Å². The molecule has 30 heavy (non-hydrogen) atoms. The van der Waals surface area contributed by atoms with Gasteiger partial charge < -0.3 is 13.9 Å². The highest BCUT2D eigenvalue weighted by Crippen LogP contribution is 2.44. The summed E-state index contributed by atoms with van der Waals surface area (Å²) >= 11 is 0. The van der Waals surface area contributed by atoms with Gasteiger partial charge in [-0.3, -0.25) is 4.98 Å². The third-order valence-electron chi connectivity index (χ3n) is 4.81. The van der Waals surface area contributed by atoms with Crippen LogP contribution in [0.2, 0.25) is 0 Å². The van der Waals surface area contributed by atoms with Gasteiger partial charge in [-0.15, -0.1) is 5.10 Å². The average molecular weight is 403 g/mol. The normalized spacial score (nSPS) is 15.7. The molecule has 0 bridgehead atoms. The van der Waals surface area contributed by atoms with E-state index in [1.807, 2.05) is 18.2 Å². The number of esters is 1. The molecule has 0 N–H and O–H groups in total. The fourth-order valence-corrected chi connectivity index (χ4v) is 3.56. The van der Waals surface area contributed by atoms with Crippen LogP contribution in [0.1, 0.15) is 31.1 Å². The molecule has 0 spiro atoms. The number of nitrogens with zero attached hydrogens (tertiary/aromatic N) is 5. The summed E-state index contributed by atoms with van der Waals surface area (Å²) in [6.07, 6.45) is 4.75. The molecule has 0 radical (unpaired) electrons. The number of rotatable bonds is 4. The van der Waals surface area contributed by atoms with Crippen molar-refractivity contribution in [1.29, 1.82) is 0 Å². The fourth-order valence-electron chi connectivity index (χ4n) is 3.56. The van der Waals surface area contributed by atoms with E-state index in [9.17, 15) is 4.79 Å². The van der Waals surface area contributed by atoms with Crippen molar-refractivity contribution in [1.82, 2.24) is 24.6 Å². The van der Waals surface area contributed by atoms with Crippen LogP contribution in [0, 0.1) is 0 Å². The average Bonchev–Trinajstić information content (AvgIpc) is 3.43. The molecule has 9 heteroatoms. The maximum absolute atomic E-state index is 12.8. The van der Waals surface area contributed by atoms with Gasteiger partial charge in [0.25, 0.3) is 0 Å². The Morgan fingerprint density at radius 2 is 2.13 bits per heavy atom. The number of hydrogen-bond acceptors (Lipinski definition) is 8. The number of ether oxygens (including phenoxy) is 2. The van der Waals surface area contributed by atoms with Gasteiger partial charge in [-0.25, -0.2) is 19.3 Å². The first-order chi connectivity index (χ1) is 14.7. The highest BCUT2D eigenvalue weighted by atomic mass is 16.5. The lowest BCUT2D eigenvalue weighted by Gasteiger charge is -2.26. The number of carbonyl (C=O) groups is 1. The number of carbonyl (C=O) groups excluding carboxylic acids is 1. The predicted octanol–water partition coefficient (Wildman–Crippen LogP) is 3.14. The van der Waals surface area contributed by atoms with Gasteiger partial charge in [-0.05, 0) is 38.1 Å². The van der Waals surface area contributed by atoms with Crippen molar-refractivity contribution < 1.29 is 18.7 Å². The molecule has 0 saturated carbocycles. The van der Waals surface area contributed by atoms with E-state index < -0.39 is 11.9 Å². The summed E-state index contributed by atoms with van der Waals surface area (Å²) < 4.78 is 18.4. The molecule has 0 aliphatic carbocycles. The second kappa shape index (κ2) is 7.11. The molecule has 0 saturated heterocycles. The Bertz CT molecular complexity index is 1260. The summed E-state index contributed by atoms with van der Waals surface area (Å²) in [5.74, 6) is 0.665. The van der Waals surface area contributed by atoms with Crippen LogP contribution in [0.4, 0.5) is 0 Å². The Hall–Kier alpha value is -4.01. The van der Waals surface area contributed by atoms with Crippen LogP contribution in [0.25, 0.3) is 17.2 Å². The minimum atomic E-state index is -0.597. The Balaban J connectivity index is 1.75. The summed E-state index contributed by atoms with van der Waals surface area (Å²) in [5.41, 5.74) is 2.04. The lowest BCUT2D eigenvalue weighted by Crippen LogP contribution is -2.24. The van der Waals surface area contributed by atoms with E-state index in [1.165, 1.54) is 6.33 Å². The highest BCUT2D eigenvalue weighted by Gasteiger charge is 2.39. The molecule has 9 nitrogen and oxygen atoms in total. The number of fused-ring (bicyclic) bond motifs is 3. The van der Waals surface area contributed by atoms with Crippen molar-refractivity contribution in [2.24, 2.45) is 0 Å². The lowest BCUT2D eigenvalue weighted by atomic mass is 9.87. The predicted molar refractivity (Wildman–Crippen MR) is 105 cm³/mol. The van der Waals surface area contributed by atoms with Gasteiger partial charge in [-0.1, -0.05) is 6.07 Å². The Kier molecular flexibility index (Phi) is 4.27. The van der Waals surface area contributed by atoms with Crippen molar-refractivity contribution in [3.63, 3.8) is 0 Å². The maximum atomic E-state index is 12.8. The van der Waals surface area contributed by atoms with E-state index in [0.29, 0.717) is 45.7 Å². The molecule has 4 aromatic rings. The lowest BCUT2D eigenvalue weighted by molar-refractivity contribution is -0.139. The monoisotopic (exact) mass is 403 g/mol. The van der Waals surface area contributed by atoms with Gasteiger partial charge in [0.1, 0.15) is 23.5 Å². The smallest absolute Gasteiger partial charge is 0.338 e. The molecular weight excluding hydrogens is 386 g/mol. The highest BCUT2D eigenvalue weighted by molar-refractivity contribution is 5.93. The van der Waals surface area contributed by atoms with Gasteiger partial charge in [0.2, 0.25) is 11.7 Å². The van der Waals surface area contributed by atoms with E-state index in [0.717, 1.165) is 0 Å². The molecule has 1 aliphatic heterocycles. The maximum Gasteiger partial charge on any atom is 0.338 e. The van der Waals surface area contributed by atoms with E-state index >= 15 is 0 Å². The Labute approximate surface area is 171 Å². The molecule has 4 aromatic heterocycles. The molecule has 150 valence electrons. The number of aromatic nitrogens is 5. The second-order valence-electron chi connectivity index (χ2n) is 6.62. The zero-order valence-electron chi connectivity index (χ0n) is 16.3. The number of hydrogen-bond donors (Lipinski definition) is 0. The molecule has 1 aliphatic rings. The zero-order chi connectivity index (χ0) is 20.7. The van der Waals surface area contributed by atoms with E-state index in [2.05, 4.69) is 20.1 Å². The van der Waals surface area contributed by atoms with Crippen molar-refractivity contribution >= 4 is 11.6 Å². The van der Waals surface area contributed by atoms with Gasteiger partial charge in [0.15, 0.2) is 5.65 Å². The molecule has 0 unspecified atom stereocenters. The van der Waals surface area contributed by atoms with Crippen molar-refractivity contribution in [2.75, 3.05) is 6.61 Å². The van der Waals surface area contributed by atoms with Crippen molar-refractivity contribution in [3.8, 4) is 17.4 Å². The number of pyridine rings is 1. The third kappa shape index (κ3) is 2.83. The van der Waals surface area contributed by atoms with Gasteiger partial charge in [0.05, 0.1) is 29.9 Å². The van der Waals surface area contributed by atoms with Crippen LogP contribution >= 0.6 is 0 Å². The summed E-state index contributed by atoms with van der Waals surface area (Å²) in [6.45, 7) is 3.70. The van der Waals surface area contributed by atoms with E-state index in [1.54, 1.807) is 43.0 Å². The quantitative estimate of drug-likeness (QED) is 0.479. The molecule has 5 rings (SSSR count). The largest absolute Gasteiger partial charge is 0.468 e. The van der Waals surface area contributed by atoms with Crippen LogP contribution in [-0.2, 0) is 9.53 Å². The van der Waals surface area contributed by atoms with Crippen LogP contribution in [-0.4, -0.2) is 37.1 Å². The summed E-state index contributed by atoms with van der Waals surface area (Å²) in [6, 6.07) is 9.07. The van der Waals surface area contributed by atoms with Gasteiger partial charge in [0, 0.05) is 6.20 Å². The topological polar surface area (TPSA) is 105 Å². The van der Waals surface area contributed by atoms with Crippen molar-refractivity contribution in [3.05, 3.63) is 71.8 Å². The minimum absolute atomic E-state index is 0.241. The van der Waals surface area contributed by atoms with Crippen LogP contribution < -0.4 is 4.74 Å². The minimum Gasteiger partial charge on any atom is -0.468 e. The third-order valence-corrected chi connectivity index (χ3v) is 4.81. The Morgan fingerprint density at radius 3 is 2.87 bits per heavy atom.